The van der Waals surface area contributed by atoms with E-state index in [-0.39, 0.29) is 11.9 Å². The summed E-state index contributed by atoms with van der Waals surface area (Å²) in [5, 5.41) is 1.05. The SMILES string of the molecule is CCOC(=O)C1CCc2sc(N3CCOCC3CC)nc21. The van der Waals surface area contributed by atoms with Gasteiger partial charge in [0.05, 0.1) is 31.6 Å². The Balaban J connectivity index is 1.81. The number of aromatic nitrogens is 1. The second-order valence-corrected chi connectivity index (χ2v) is 6.54. The van der Waals surface area contributed by atoms with Crippen LogP contribution in [-0.2, 0) is 20.7 Å². The number of ether oxygens (including phenoxy) is 2. The third-order valence-corrected chi connectivity index (χ3v) is 5.39. The van der Waals surface area contributed by atoms with Crippen molar-refractivity contribution in [3.63, 3.8) is 0 Å². The molecule has 1 fully saturated rings. The van der Waals surface area contributed by atoms with Crippen LogP contribution in [0.5, 0.6) is 0 Å². The van der Waals surface area contributed by atoms with Crippen molar-refractivity contribution < 1.29 is 14.3 Å². The van der Waals surface area contributed by atoms with Gasteiger partial charge in [-0.1, -0.05) is 6.92 Å². The number of aryl methyl sites for hydroxylation is 1. The molecule has 116 valence electrons. The number of anilines is 1. The van der Waals surface area contributed by atoms with Crippen LogP contribution in [0.4, 0.5) is 5.13 Å². The van der Waals surface area contributed by atoms with Crippen molar-refractivity contribution in [2.75, 3.05) is 31.3 Å². The van der Waals surface area contributed by atoms with E-state index in [1.165, 1.54) is 4.88 Å². The van der Waals surface area contributed by atoms with Gasteiger partial charge in [-0.25, -0.2) is 4.98 Å². The van der Waals surface area contributed by atoms with Crippen molar-refractivity contribution >= 4 is 22.4 Å². The number of fused-ring (bicyclic) bond motifs is 1. The van der Waals surface area contributed by atoms with Gasteiger partial charge in [-0.05, 0) is 26.2 Å². The molecule has 0 radical (unpaired) electrons. The van der Waals surface area contributed by atoms with Crippen molar-refractivity contribution in [3.05, 3.63) is 10.6 Å². The van der Waals surface area contributed by atoms with Crippen molar-refractivity contribution in [3.8, 4) is 0 Å². The van der Waals surface area contributed by atoms with Crippen LogP contribution in [0.3, 0.4) is 0 Å². The number of thiazole rings is 1. The summed E-state index contributed by atoms with van der Waals surface area (Å²) in [5.74, 6) is -0.284. The largest absolute Gasteiger partial charge is 0.465 e. The van der Waals surface area contributed by atoms with E-state index < -0.39 is 0 Å². The Morgan fingerprint density at radius 2 is 2.38 bits per heavy atom. The highest BCUT2D eigenvalue weighted by Crippen LogP contribution is 2.40. The van der Waals surface area contributed by atoms with Gasteiger partial charge in [0.25, 0.3) is 0 Å². The van der Waals surface area contributed by atoms with Crippen LogP contribution in [0.15, 0.2) is 0 Å². The summed E-state index contributed by atoms with van der Waals surface area (Å²) < 4.78 is 10.7. The van der Waals surface area contributed by atoms with E-state index >= 15 is 0 Å². The van der Waals surface area contributed by atoms with E-state index in [9.17, 15) is 4.79 Å². The van der Waals surface area contributed by atoms with Crippen molar-refractivity contribution in [2.24, 2.45) is 0 Å². The predicted molar refractivity (Wildman–Crippen MR) is 82.1 cm³/mol. The van der Waals surface area contributed by atoms with Gasteiger partial charge in [-0.3, -0.25) is 4.79 Å². The molecule has 2 atom stereocenters. The van der Waals surface area contributed by atoms with Crippen LogP contribution in [0, 0.1) is 0 Å². The molecule has 0 spiro atoms. The lowest BCUT2D eigenvalue weighted by Gasteiger charge is -2.34. The smallest absolute Gasteiger partial charge is 0.315 e. The fraction of sp³-hybridized carbons (Fsp3) is 0.733. The molecule has 2 aliphatic rings. The molecule has 1 aromatic rings. The molecule has 1 aliphatic heterocycles. The summed E-state index contributed by atoms with van der Waals surface area (Å²) in [7, 11) is 0. The fourth-order valence-corrected chi connectivity index (χ4v) is 4.29. The number of hydrogen-bond donors (Lipinski definition) is 0. The Morgan fingerprint density at radius 1 is 1.52 bits per heavy atom. The molecule has 2 heterocycles. The van der Waals surface area contributed by atoms with Gasteiger partial charge >= 0.3 is 5.97 Å². The molecule has 0 aromatic carbocycles. The van der Waals surface area contributed by atoms with Gasteiger partial charge in [0.15, 0.2) is 5.13 Å². The second-order valence-electron chi connectivity index (χ2n) is 5.48. The summed E-state index contributed by atoms with van der Waals surface area (Å²) in [6.45, 7) is 6.86. The summed E-state index contributed by atoms with van der Waals surface area (Å²) >= 11 is 1.74. The van der Waals surface area contributed by atoms with Gasteiger partial charge in [0.2, 0.25) is 0 Å². The van der Waals surface area contributed by atoms with Crippen LogP contribution in [0.2, 0.25) is 0 Å². The van der Waals surface area contributed by atoms with Crippen LogP contribution >= 0.6 is 11.3 Å². The zero-order valence-electron chi connectivity index (χ0n) is 12.6. The molecular weight excluding hydrogens is 288 g/mol. The number of rotatable bonds is 4. The lowest BCUT2D eigenvalue weighted by molar-refractivity contribution is -0.145. The Hall–Kier alpha value is -1.14. The molecule has 1 saturated heterocycles. The predicted octanol–water partition coefficient (Wildman–Crippen LogP) is 2.35. The first kappa shape index (κ1) is 14.8. The molecule has 0 saturated carbocycles. The lowest BCUT2D eigenvalue weighted by atomic mass is 10.1. The normalized spacial score (nSPS) is 25.0. The lowest BCUT2D eigenvalue weighted by Crippen LogP contribution is -2.45. The van der Waals surface area contributed by atoms with Gasteiger partial charge < -0.3 is 14.4 Å². The fourth-order valence-electron chi connectivity index (χ4n) is 3.05. The standard InChI is InChI=1S/C15H22N2O3S/c1-3-10-9-19-8-7-17(10)15-16-13-11(14(18)20-4-2)5-6-12(13)21-15/h10-11H,3-9H2,1-2H3. The van der Waals surface area contributed by atoms with E-state index in [1.807, 2.05) is 6.92 Å². The van der Waals surface area contributed by atoms with Crippen LogP contribution in [0.25, 0.3) is 0 Å². The van der Waals surface area contributed by atoms with E-state index in [2.05, 4.69) is 11.8 Å². The molecular formula is C15H22N2O3S. The molecule has 1 aliphatic carbocycles. The summed E-state index contributed by atoms with van der Waals surface area (Å²) in [5.41, 5.74) is 0.954. The molecule has 0 amide bonds. The van der Waals surface area contributed by atoms with Crippen molar-refractivity contribution in [1.29, 1.82) is 0 Å². The van der Waals surface area contributed by atoms with E-state index in [1.54, 1.807) is 11.3 Å². The maximum absolute atomic E-state index is 12.0. The third kappa shape index (κ3) is 2.79. The minimum absolute atomic E-state index is 0.123. The number of carbonyl (C=O) groups excluding carboxylic acids is 1. The van der Waals surface area contributed by atoms with Crippen LogP contribution in [-0.4, -0.2) is 43.4 Å². The van der Waals surface area contributed by atoms with Gasteiger partial charge in [0.1, 0.15) is 5.92 Å². The monoisotopic (exact) mass is 310 g/mol. The average Bonchev–Trinajstić information content (AvgIpc) is 3.07. The summed E-state index contributed by atoms with van der Waals surface area (Å²) in [6, 6.07) is 0.395. The molecule has 3 rings (SSSR count). The first-order chi connectivity index (χ1) is 10.2. The number of carbonyl (C=O) groups is 1. The Kier molecular flexibility index (Phi) is 4.45. The molecule has 0 bridgehead atoms. The van der Waals surface area contributed by atoms with Crippen molar-refractivity contribution in [2.45, 2.75) is 45.1 Å². The minimum atomic E-state index is -0.161. The van der Waals surface area contributed by atoms with Gasteiger partial charge in [-0.15, -0.1) is 11.3 Å². The highest BCUT2D eigenvalue weighted by atomic mass is 32.1. The molecule has 2 unspecified atom stereocenters. The summed E-state index contributed by atoms with van der Waals surface area (Å²) in [4.78, 5) is 20.4. The third-order valence-electron chi connectivity index (χ3n) is 4.22. The Labute approximate surface area is 129 Å². The maximum Gasteiger partial charge on any atom is 0.315 e. The zero-order chi connectivity index (χ0) is 14.8. The quantitative estimate of drug-likeness (QED) is 0.799. The van der Waals surface area contributed by atoms with Crippen molar-refractivity contribution in [1.82, 2.24) is 4.98 Å². The zero-order valence-corrected chi connectivity index (χ0v) is 13.4. The van der Waals surface area contributed by atoms with E-state index in [0.29, 0.717) is 12.6 Å². The van der Waals surface area contributed by atoms with E-state index in [0.717, 1.165) is 49.8 Å². The first-order valence-corrected chi connectivity index (χ1v) is 8.56. The molecule has 5 nitrogen and oxygen atoms in total. The number of esters is 1. The highest BCUT2D eigenvalue weighted by Gasteiger charge is 2.35. The number of morpholine rings is 1. The van der Waals surface area contributed by atoms with Crippen LogP contribution in [0.1, 0.15) is 43.2 Å². The first-order valence-electron chi connectivity index (χ1n) is 7.75. The topological polar surface area (TPSA) is 51.7 Å². The molecule has 1 aromatic heterocycles. The van der Waals surface area contributed by atoms with E-state index in [4.69, 9.17) is 14.5 Å². The van der Waals surface area contributed by atoms with Crippen LogP contribution < -0.4 is 4.90 Å². The minimum Gasteiger partial charge on any atom is -0.465 e. The van der Waals surface area contributed by atoms with Gasteiger partial charge in [-0.2, -0.15) is 0 Å². The number of hydrogen-bond acceptors (Lipinski definition) is 6. The van der Waals surface area contributed by atoms with Gasteiger partial charge in [0, 0.05) is 11.4 Å². The molecule has 21 heavy (non-hydrogen) atoms. The highest BCUT2D eigenvalue weighted by molar-refractivity contribution is 7.15. The molecule has 0 N–H and O–H groups in total. The average molecular weight is 310 g/mol. The molecule has 6 heteroatoms. The Morgan fingerprint density at radius 3 is 3.14 bits per heavy atom. The second kappa shape index (κ2) is 6.32. The number of nitrogens with zero attached hydrogens (tertiary/aromatic N) is 2. The Bertz CT molecular complexity index is 517. The summed E-state index contributed by atoms with van der Waals surface area (Å²) in [6.07, 6.45) is 2.83. The maximum atomic E-state index is 12.0.